The van der Waals surface area contributed by atoms with Gasteiger partial charge in [-0.25, -0.2) is 0 Å². The molecule has 0 rings (SSSR count). The van der Waals surface area contributed by atoms with Gasteiger partial charge in [0.25, 0.3) is 0 Å². The van der Waals surface area contributed by atoms with Crippen LogP contribution in [0.1, 0.15) is 26.7 Å². The lowest BCUT2D eigenvalue weighted by molar-refractivity contribution is 0.954. The van der Waals surface area contributed by atoms with Gasteiger partial charge in [0.05, 0.1) is 0 Å². The van der Waals surface area contributed by atoms with Crippen LogP contribution in [0.4, 0.5) is 0 Å². The molecule has 1 heteroatoms. The minimum absolute atomic E-state index is 1.16. The zero-order chi connectivity index (χ0) is 7.11. The van der Waals surface area contributed by atoms with Crippen LogP contribution in [-0.4, -0.2) is 13.3 Å². The Kier molecular flexibility index (Phi) is 5.18. The Bertz CT molecular complexity index is 112. The third kappa shape index (κ3) is 5.28. The van der Waals surface area contributed by atoms with E-state index in [0.717, 1.165) is 6.42 Å². The third-order valence-electron chi connectivity index (χ3n) is 1.09. The molecule has 0 aliphatic carbocycles. The Balaban J connectivity index is 3.55. The van der Waals surface area contributed by atoms with Gasteiger partial charge in [0.1, 0.15) is 0 Å². The summed E-state index contributed by atoms with van der Waals surface area (Å²) in [6.07, 6.45) is 6.47. The lowest BCUT2D eigenvalue weighted by Gasteiger charge is -1.87. The lowest BCUT2D eigenvalue weighted by atomic mass is 10.2. The number of nitrogens with zero attached hydrogens (tertiary/aromatic N) is 1. The van der Waals surface area contributed by atoms with E-state index in [1.165, 1.54) is 12.0 Å². The van der Waals surface area contributed by atoms with Crippen molar-refractivity contribution < 1.29 is 0 Å². The second-order valence-electron chi connectivity index (χ2n) is 2.12. The zero-order valence-corrected chi connectivity index (χ0v) is 6.52. The Morgan fingerprint density at radius 1 is 1.56 bits per heavy atom. The molecule has 0 bridgehead atoms. The summed E-state index contributed by atoms with van der Waals surface area (Å²) in [5.41, 5.74) is 1.26. The van der Waals surface area contributed by atoms with Gasteiger partial charge >= 0.3 is 0 Å². The molecule has 0 spiro atoms. The minimum atomic E-state index is 1.16. The van der Waals surface area contributed by atoms with Crippen LogP contribution in [-0.2, 0) is 0 Å². The molecule has 0 radical (unpaired) electrons. The van der Waals surface area contributed by atoms with Crippen molar-refractivity contribution in [3.63, 3.8) is 0 Å². The van der Waals surface area contributed by atoms with Gasteiger partial charge in [0, 0.05) is 13.3 Å². The lowest BCUT2D eigenvalue weighted by Crippen LogP contribution is -1.76. The van der Waals surface area contributed by atoms with E-state index in [1.54, 1.807) is 7.05 Å². The van der Waals surface area contributed by atoms with E-state index in [0.29, 0.717) is 0 Å². The maximum atomic E-state index is 3.90. The molecule has 0 aromatic carbocycles. The van der Waals surface area contributed by atoms with Gasteiger partial charge in [-0.05, 0) is 18.9 Å². The smallest absolute Gasteiger partial charge is 0.0277 e. The summed E-state index contributed by atoms with van der Waals surface area (Å²) in [5.74, 6) is 0. The first-order valence-electron chi connectivity index (χ1n) is 3.40. The molecule has 0 unspecified atom stereocenters. The monoisotopic (exact) mass is 125 g/mol. The highest BCUT2D eigenvalue weighted by Gasteiger charge is 1.78. The van der Waals surface area contributed by atoms with Gasteiger partial charge in [0.2, 0.25) is 0 Å². The Labute approximate surface area is 57.5 Å². The predicted molar refractivity (Wildman–Crippen MR) is 43.1 cm³/mol. The molecule has 0 N–H and O–H groups in total. The SMILES string of the molecule is CCCC=C(C)C=NC. The van der Waals surface area contributed by atoms with Crippen LogP contribution < -0.4 is 0 Å². The average Bonchev–Trinajstić information content (AvgIpc) is 1.85. The van der Waals surface area contributed by atoms with Crippen LogP contribution in [0.5, 0.6) is 0 Å². The molecule has 0 aliphatic rings. The van der Waals surface area contributed by atoms with Gasteiger partial charge in [-0.15, -0.1) is 0 Å². The molecule has 0 saturated heterocycles. The fraction of sp³-hybridized carbons (Fsp3) is 0.625. The molecule has 52 valence electrons. The van der Waals surface area contributed by atoms with E-state index in [1.807, 2.05) is 6.21 Å². The highest BCUT2D eigenvalue weighted by atomic mass is 14.6. The number of hydrogen-bond acceptors (Lipinski definition) is 1. The van der Waals surface area contributed by atoms with E-state index >= 15 is 0 Å². The van der Waals surface area contributed by atoms with E-state index in [2.05, 4.69) is 24.9 Å². The molecular weight excluding hydrogens is 110 g/mol. The van der Waals surface area contributed by atoms with Crippen molar-refractivity contribution in [2.75, 3.05) is 7.05 Å². The summed E-state index contributed by atoms with van der Waals surface area (Å²) in [4.78, 5) is 3.90. The Hall–Kier alpha value is -0.590. The van der Waals surface area contributed by atoms with E-state index in [4.69, 9.17) is 0 Å². The van der Waals surface area contributed by atoms with Gasteiger partial charge in [-0.3, -0.25) is 4.99 Å². The number of aliphatic imine (C=N–C) groups is 1. The molecule has 0 aromatic heterocycles. The number of allylic oxidation sites excluding steroid dienone is 2. The minimum Gasteiger partial charge on any atom is -0.296 e. The molecule has 0 amide bonds. The summed E-state index contributed by atoms with van der Waals surface area (Å²) >= 11 is 0. The van der Waals surface area contributed by atoms with Gasteiger partial charge < -0.3 is 0 Å². The van der Waals surface area contributed by atoms with Gasteiger partial charge in [0.15, 0.2) is 0 Å². The highest BCUT2D eigenvalue weighted by molar-refractivity contribution is 5.77. The molecule has 0 saturated carbocycles. The molecule has 0 atom stereocenters. The summed E-state index contributed by atoms with van der Waals surface area (Å²) in [6.45, 7) is 4.25. The van der Waals surface area contributed by atoms with Crippen LogP contribution in [0.3, 0.4) is 0 Å². The average molecular weight is 125 g/mol. The van der Waals surface area contributed by atoms with E-state index < -0.39 is 0 Å². The zero-order valence-electron chi connectivity index (χ0n) is 6.52. The largest absolute Gasteiger partial charge is 0.296 e. The van der Waals surface area contributed by atoms with Crippen molar-refractivity contribution >= 4 is 6.21 Å². The summed E-state index contributed by atoms with van der Waals surface area (Å²) < 4.78 is 0. The summed E-state index contributed by atoms with van der Waals surface area (Å²) in [5, 5.41) is 0. The van der Waals surface area contributed by atoms with Crippen LogP contribution in [0, 0.1) is 0 Å². The standard InChI is InChI=1S/C8H15N/c1-4-5-6-8(2)7-9-3/h6-7H,4-5H2,1-3H3. The van der Waals surface area contributed by atoms with Crippen molar-refractivity contribution in [1.29, 1.82) is 0 Å². The Morgan fingerprint density at radius 2 is 2.22 bits per heavy atom. The molecule has 9 heavy (non-hydrogen) atoms. The molecule has 0 fully saturated rings. The first-order valence-corrected chi connectivity index (χ1v) is 3.40. The van der Waals surface area contributed by atoms with Crippen molar-refractivity contribution in [2.45, 2.75) is 26.7 Å². The van der Waals surface area contributed by atoms with Crippen molar-refractivity contribution in [2.24, 2.45) is 4.99 Å². The molecule has 0 aliphatic heterocycles. The maximum absolute atomic E-state index is 3.90. The molecular formula is C8H15N. The van der Waals surface area contributed by atoms with Gasteiger partial charge in [-0.2, -0.15) is 0 Å². The first-order chi connectivity index (χ1) is 4.31. The number of rotatable bonds is 3. The second-order valence-corrected chi connectivity index (χ2v) is 2.12. The Morgan fingerprint density at radius 3 is 2.67 bits per heavy atom. The second kappa shape index (κ2) is 5.54. The molecule has 0 aromatic rings. The van der Waals surface area contributed by atoms with E-state index in [-0.39, 0.29) is 0 Å². The number of hydrogen-bond donors (Lipinski definition) is 0. The first kappa shape index (κ1) is 8.41. The third-order valence-corrected chi connectivity index (χ3v) is 1.09. The van der Waals surface area contributed by atoms with Crippen molar-refractivity contribution in [3.05, 3.63) is 11.6 Å². The summed E-state index contributed by atoms with van der Waals surface area (Å²) in [7, 11) is 1.79. The summed E-state index contributed by atoms with van der Waals surface area (Å²) in [6, 6.07) is 0. The van der Waals surface area contributed by atoms with E-state index in [9.17, 15) is 0 Å². The van der Waals surface area contributed by atoms with Crippen LogP contribution in [0.25, 0.3) is 0 Å². The number of unbranched alkanes of at least 4 members (excludes halogenated alkanes) is 1. The van der Waals surface area contributed by atoms with Crippen LogP contribution in [0.2, 0.25) is 0 Å². The van der Waals surface area contributed by atoms with Crippen molar-refractivity contribution in [3.8, 4) is 0 Å². The quantitative estimate of drug-likeness (QED) is 0.514. The normalized spacial score (nSPS) is 13.0. The highest BCUT2D eigenvalue weighted by Crippen LogP contribution is 1.94. The maximum Gasteiger partial charge on any atom is 0.0277 e. The fourth-order valence-electron chi connectivity index (χ4n) is 0.628. The molecule has 1 nitrogen and oxygen atoms in total. The van der Waals surface area contributed by atoms with Crippen molar-refractivity contribution in [1.82, 2.24) is 0 Å². The molecule has 0 heterocycles. The van der Waals surface area contributed by atoms with Gasteiger partial charge in [-0.1, -0.05) is 19.4 Å². The fourth-order valence-corrected chi connectivity index (χ4v) is 0.628. The van der Waals surface area contributed by atoms with Crippen LogP contribution in [0.15, 0.2) is 16.6 Å². The topological polar surface area (TPSA) is 12.4 Å². The predicted octanol–water partition coefficient (Wildman–Crippen LogP) is 2.43. The van der Waals surface area contributed by atoms with Crippen LogP contribution >= 0.6 is 0 Å².